The molecule has 21 heavy (non-hydrogen) atoms. The second kappa shape index (κ2) is 6.53. The Balaban J connectivity index is 1.94. The third-order valence-electron chi connectivity index (χ3n) is 3.45. The van der Waals surface area contributed by atoms with Gasteiger partial charge in [0, 0.05) is 7.05 Å². The Hall–Kier alpha value is -2.15. The third-order valence-corrected chi connectivity index (χ3v) is 3.45. The van der Waals surface area contributed by atoms with Crippen molar-refractivity contribution in [3.63, 3.8) is 0 Å². The summed E-state index contributed by atoms with van der Waals surface area (Å²) in [5.41, 5.74) is 0. The maximum Gasteiger partial charge on any atom is 0.311 e. The molecule has 1 saturated heterocycles. The van der Waals surface area contributed by atoms with Gasteiger partial charge < -0.3 is 19.5 Å². The van der Waals surface area contributed by atoms with Gasteiger partial charge in [0.2, 0.25) is 0 Å². The van der Waals surface area contributed by atoms with Crippen LogP contribution >= 0.6 is 0 Å². The predicted molar refractivity (Wildman–Crippen MR) is 70.4 cm³/mol. The number of hydrogen-bond acceptors (Lipinski definition) is 4. The number of carboxylic acids is 1. The van der Waals surface area contributed by atoms with Gasteiger partial charge in [-0.3, -0.25) is 9.59 Å². The number of carboxylic acid groups (broad SMARTS) is 1. The van der Waals surface area contributed by atoms with E-state index in [1.807, 2.05) is 0 Å². The fourth-order valence-corrected chi connectivity index (χ4v) is 2.15. The summed E-state index contributed by atoms with van der Waals surface area (Å²) in [4.78, 5) is 24.4. The van der Waals surface area contributed by atoms with Crippen LogP contribution in [0.4, 0.5) is 4.39 Å². The zero-order valence-electron chi connectivity index (χ0n) is 11.5. The maximum atomic E-state index is 13.4. The highest BCUT2D eigenvalue weighted by Gasteiger charge is 2.38. The van der Waals surface area contributed by atoms with Gasteiger partial charge in [-0.25, -0.2) is 4.39 Å². The summed E-state index contributed by atoms with van der Waals surface area (Å²) in [7, 11) is 1.49. The van der Waals surface area contributed by atoms with E-state index >= 15 is 0 Å². The number of para-hydroxylation sites is 1. The van der Waals surface area contributed by atoms with Crippen molar-refractivity contribution >= 4 is 11.9 Å². The topological polar surface area (TPSA) is 76.1 Å². The van der Waals surface area contributed by atoms with E-state index in [2.05, 4.69) is 0 Å². The van der Waals surface area contributed by atoms with Crippen LogP contribution in [0.25, 0.3) is 0 Å². The summed E-state index contributed by atoms with van der Waals surface area (Å²) >= 11 is 0. The Morgan fingerprint density at radius 1 is 1.43 bits per heavy atom. The van der Waals surface area contributed by atoms with Crippen molar-refractivity contribution < 1.29 is 28.6 Å². The van der Waals surface area contributed by atoms with Crippen LogP contribution in [-0.2, 0) is 14.3 Å². The maximum absolute atomic E-state index is 13.4. The lowest BCUT2D eigenvalue weighted by atomic mass is 10.0. The smallest absolute Gasteiger partial charge is 0.311 e. The fourth-order valence-electron chi connectivity index (χ4n) is 2.15. The van der Waals surface area contributed by atoms with Crippen LogP contribution in [-0.4, -0.2) is 54.8 Å². The van der Waals surface area contributed by atoms with Crippen LogP contribution in [0.1, 0.15) is 0 Å². The first-order valence-corrected chi connectivity index (χ1v) is 6.44. The fraction of sp³-hybridized carbons (Fsp3) is 0.429. The van der Waals surface area contributed by atoms with Gasteiger partial charge in [0.25, 0.3) is 5.91 Å². The van der Waals surface area contributed by atoms with E-state index in [1.54, 1.807) is 6.07 Å². The van der Waals surface area contributed by atoms with Gasteiger partial charge in [-0.15, -0.1) is 0 Å². The van der Waals surface area contributed by atoms with Crippen LogP contribution in [0.5, 0.6) is 5.75 Å². The molecule has 2 atom stereocenters. The number of rotatable bonds is 5. The Morgan fingerprint density at radius 2 is 2.14 bits per heavy atom. The molecule has 0 aromatic heterocycles. The molecular weight excluding hydrogens is 281 g/mol. The molecule has 1 aliphatic heterocycles. The molecule has 0 saturated carbocycles. The van der Waals surface area contributed by atoms with Gasteiger partial charge in [0.05, 0.1) is 19.3 Å². The first kappa shape index (κ1) is 15.2. The normalized spacial score (nSPS) is 21.0. The summed E-state index contributed by atoms with van der Waals surface area (Å²) in [6, 6.07) is 5.22. The first-order valence-electron chi connectivity index (χ1n) is 6.44. The minimum Gasteiger partial charge on any atom is -0.481 e. The minimum absolute atomic E-state index is 0.0169. The van der Waals surface area contributed by atoms with Crippen LogP contribution in [0.15, 0.2) is 24.3 Å². The number of carbonyl (C=O) groups excluding carboxylic acids is 1. The summed E-state index contributed by atoms with van der Waals surface area (Å²) in [5.74, 6) is -2.77. The monoisotopic (exact) mass is 297 g/mol. The number of amides is 1. The molecule has 7 heteroatoms. The highest BCUT2D eigenvalue weighted by atomic mass is 19.1. The molecule has 1 N–H and O–H groups in total. The highest BCUT2D eigenvalue weighted by Crippen LogP contribution is 2.20. The van der Waals surface area contributed by atoms with Crippen LogP contribution < -0.4 is 4.74 Å². The van der Waals surface area contributed by atoms with Gasteiger partial charge in [0.15, 0.2) is 18.2 Å². The van der Waals surface area contributed by atoms with E-state index in [-0.39, 0.29) is 25.6 Å². The van der Waals surface area contributed by atoms with Gasteiger partial charge in [0.1, 0.15) is 5.92 Å². The number of benzene rings is 1. The molecule has 1 fully saturated rings. The number of aliphatic carboxylic acids is 1. The van der Waals surface area contributed by atoms with Crippen molar-refractivity contribution in [2.45, 2.75) is 6.04 Å². The van der Waals surface area contributed by atoms with Crippen molar-refractivity contribution in [1.82, 2.24) is 4.90 Å². The molecule has 2 rings (SSSR count). The standard InChI is InChI=1S/C14H16FNO5/c1-16(11-7-20-6-9(11)14(18)19)13(17)8-21-12-5-3-2-4-10(12)15/h2-5,9,11H,6-8H2,1H3,(H,18,19). The Bertz CT molecular complexity index is 536. The molecule has 1 amide bonds. The Labute approximate surface area is 121 Å². The largest absolute Gasteiger partial charge is 0.481 e. The quantitative estimate of drug-likeness (QED) is 0.868. The van der Waals surface area contributed by atoms with E-state index in [1.165, 1.54) is 30.1 Å². The van der Waals surface area contributed by atoms with Gasteiger partial charge in [-0.05, 0) is 12.1 Å². The van der Waals surface area contributed by atoms with Gasteiger partial charge in [-0.1, -0.05) is 12.1 Å². The van der Waals surface area contributed by atoms with Gasteiger partial charge in [-0.2, -0.15) is 0 Å². The molecule has 1 aliphatic rings. The predicted octanol–water partition coefficient (Wildman–Crippen LogP) is 0.762. The summed E-state index contributed by atoms with van der Waals surface area (Å²) in [6.07, 6.45) is 0. The summed E-state index contributed by atoms with van der Waals surface area (Å²) < 4.78 is 23.6. The number of carbonyl (C=O) groups is 2. The molecule has 6 nitrogen and oxygen atoms in total. The molecule has 0 bridgehead atoms. The molecule has 1 aromatic carbocycles. The number of hydrogen-bond donors (Lipinski definition) is 1. The summed E-state index contributed by atoms with van der Waals surface area (Å²) in [5, 5.41) is 9.06. The molecule has 114 valence electrons. The zero-order valence-corrected chi connectivity index (χ0v) is 11.5. The second-order valence-electron chi connectivity index (χ2n) is 4.77. The minimum atomic E-state index is -1.01. The SMILES string of the molecule is CN(C(=O)COc1ccccc1F)C1COCC1C(=O)O. The molecule has 0 spiro atoms. The number of nitrogens with zero attached hydrogens (tertiary/aromatic N) is 1. The average Bonchev–Trinajstić information content (AvgIpc) is 2.95. The Morgan fingerprint density at radius 3 is 2.81 bits per heavy atom. The van der Waals surface area contributed by atoms with E-state index in [4.69, 9.17) is 14.6 Å². The lowest BCUT2D eigenvalue weighted by molar-refractivity contribution is -0.144. The van der Waals surface area contributed by atoms with Crippen molar-refractivity contribution in [3.05, 3.63) is 30.1 Å². The molecule has 1 heterocycles. The number of halogens is 1. The molecule has 2 unspecified atom stereocenters. The van der Waals surface area contributed by atoms with E-state index in [9.17, 15) is 14.0 Å². The van der Waals surface area contributed by atoms with Crippen LogP contribution in [0.3, 0.4) is 0 Å². The van der Waals surface area contributed by atoms with Crippen molar-refractivity contribution in [1.29, 1.82) is 0 Å². The van der Waals surface area contributed by atoms with E-state index in [0.717, 1.165) is 0 Å². The van der Waals surface area contributed by atoms with Gasteiger partial charge >= 0.3 is 5.97 Å². The average molecular weight is 297 g/mol. The van der Waals surface area contributed by atoms with E-state index < -0.39 is 29.7 Å². The third kappa shape index (κ3) is 3.49. The summed E-state index contributed by atoms with van der Waals surface area (Å²) in [6.45, 7) is -0.120. The molecular formula is C14H16FNO5. The zero-order chi connectivity index (χ0) is 15.4. The van der Waals surface area contributed by atoms with Crippen LogP contribution in [0, 0.1) is 11.7 Å². The number of ether oxygens (including phenoxy) is 2. The lowest BCUT2D eigenvalue weighted by Gasteiger charge is -2.26. The highest BCUT2D eigenvalue weighted by molar-refractivity contribution is 5.79. The molecule has 0 aliphatic carbocycles. The molecule has 1 aromatic rings. The Kier molecular flexibility index (Phi) is 4.74. The van der Waals surface area contributed by atoms with Crippen LogP contribution in [0.2, 0.25) is 0 Å². The lowest BCUT2D eigenvalue weighted by Crippen LogP contribution is -2.45. The van der Waals surface area contributed by atoms with Crippen molar-refractivity contribution in [3.8, 4) is 5.75 Å². The van der Waals surface area contributed by atoms with Crippen molar-refractivity contribution in [2.75, 3.05) is 26.9 Å². The second-order valence-corrected chi connectivity index (χ2v) is 4.77. The van der Waals surface area contributed by atoms with E-state index in [0.29, 0.717) is 0 Å². The first-order chi connectivity index (χ1) is 10.0. The van der Waals surface area contributed by atoms with Crippen molar-refractivity contribution in [2.24, 2.45) is 5.92 Å². The number of likely N-dealkylation sites (N-methyl/N-ethyl adjacent to an activating group) is 1. The molecule has 0 radical (unpaired) electrons.